The zero-order valence-corrected chi connectivity index (χ0v) is 10.7. The van der Waals surface area contributed by atoms with Crippen LogP contribution in [0.15, 0.2) is 42.6 Å². The summed E-state index contributed by atoms with van der Waals surface area (Å²) in [5, 5.41) is 3.90. The summed E-state index contributed by atoms with van der Waals surface area (Å²) in [6.45, 7) is 4.21. The van der Waals surface area contributed by atoms with Gasteiger partial charge in [-0.05, 0) is 31.5 Å². The van der Waals surface area contributed by atoms with Crippen molar-refractivity contribution in [1.29, 1.82) is 0 Å². The van der Waals surface area contributed by atoms with Gasteiger partial charge in [-0.1, -0.05) is 41.4 Å². The molecule has 1 unspecified atom stereocenters. The Labute approximate surface area is 107 Å². The summed E-state index contributed by atoms with van der Waals surface area (Å²) in [4.78, 5) is 4.04. The SMILES string of the molecule is Cc1ccc(C(C)Nc2ccc(Cl)nc2)cc1. The number of pyridine rings is 1. The van der Waals surface area contributed by atoms with Gasteiger partial charge in [0.25, 0.3) is 0 Å². The maximum atomic E-state index is 5.74. The van der Waals surface area contributed by atoms with Gasteiger partial charge in [-0.3, -0.25) is 0 Å². The fraction of sp³-hybridized carbons (Fsp3) is 0.214. The largest absolute Gasteiger partial charge is 0.377 e. The van der Waals surface area contributed by atoms with Crippen LogP contribution >= 0.6 is 11.6 Å². The number of benzene rings is 1. The van der Waals surface area contributed by atoms with Gasteiger partial charge in [-0.25, -0.2) is 4.98 Å². The summed E-state index contributed by atoms with van der Waals surface area (Å²) in [5.41, 5.74) is 3.50. The molecule has 2 rings (SSSR count). The van der Waals surface area contributed by atoms with Gasteiger partial charge < -0.3 is 5.32 Å². The van der Waals surface area contributed by atoms with Crippen LogP contribution in [0.4, 0.5) is 5.69 Å². The molecule has 1 N–H and O–H groups in total. The molecule has 0 fully saturated rings. The van der Waals surface area contributed by atoms with Gasteiger partial charge >= 0.3 is 0 Å². The normalized spacial score (nSPS) is 12.2. The van der Waals surface area contributed by atoms with Crippen molar-refractivity contribution in [2.45, 2.75) is 19.9 Å². The molecule has 0 aliphatic heterocycles. The van der Waals surface area contributed by atoms with Crippen molar-refractivity contribution in [3.8, 4) is 0 Å². The maximum Gasteiger partial charge on any atom is 0.129 e. The summed E-state index contributed by atoms with van der Waals surface area (Å²) in [5.74, 6) is 0. The van der Waals surface area contributed by atoms with Crippen LogP contribution in [0.2, 0.25) is 5.15 Å². The van der Waals surface area contributed by atoms with Crippen LogP contribution in [0.25, 0.3) is 0 Å². The average Bonchev–Trinajstić information content (AvgIpc) is 2.33. The highest BCUT2D eigenvalue weighted by Crippen LogP contribution is 2.19. The van der Waals surface area contributed by atoms with Gasteiger partial charge in [0.05, 0.1) is 11.9 Å². The number of aromatic nitrogens is 1. The van der Waals surface area contributed by atoms with E-state index in [0.717, 1.165) is 5.69 Å². The molecule has 88 valence electrons. The Morgan fingerprint density at radius 3 is 2.41 bits per heavy atom. The summed E-state index contributed by atoms with van der Waals surface area (Å²) in [6.07, 6.45) is 1.74. The van der Waals surface area contributed by atoms with Crippen molar-refractivity contribution in [2.24, 2.45) is 0 Å². The number of aryl methyl sites for hydroxylation is 1. The summed E-state index contributed by atoms with van der Waals surface area (Å²) in [6, 6.07) is 12.5. The van der Waals surface area contributed by atoms with Gasteiger partial charge in [-0.15, -0.1) is 0 Å². The first kappa shape index (κ1) is 11.9. The minimum absolute atomic E-state index is 0.249. The molecule has 3 heteroatoms. The second kappa shape index (κ2) is 5.19. The topological polar surface area (TPSA) is 24.9 Å². The highest BCUT2D eigenvalue weighted by Gasteiger charge is 2.04. The molecule has 0 aliphatic rings. The van der Waals surface area contributed by atoms with Crippen molar-refractivity contribution < 1.29 is 0 Å². The number of nitrogens with zero attached hydrogens (tertiary/aromatic N) is 1. The molecule has 1 aromatic heterocycles. The number of nitrogens with one attached hydrogen (secondary N) is 1. The first-order valence-corrected chi connectivity index (χ1v) is 5.97. The van der Waals surface area contributed by atoms with E-state index in [9.17, 15) is 0 Å². The van der Waals surface area contributed by atoms with Crippen LogP contribution in [0, 0.1) is 6.92 Å². The van der Waals surface area contributed by atoms with Gasteiger partial charge in [0.15, 0.2) is 0 Å². The lowest BCUT2D eigenvalue weighted by atomic mass is 10.1. The summed E-state index contributed by atoms with van der Waals surface area (Å²) >= 11 is 5.74. The summed E-state index contributed by atoms with van der Waals surface area (Å²) in [7, 11) is 0. The molecule has 0 saturated carbocycles. The molecular weight excluding hydrogens is 232 g/mol. The highest BCUT2D eigenvalue weighted by atomic mass is 35.5. The zero-order valence-electron chi connectivity index (χ0n) is 9.94. The maximum absolute atomic E-state index is 5.74. The van der Waals surface area contributed by atoms with E-state index in [1.54, 1.807) is 12.3 Å². The standard InChI is InChI=1S/C14H15ClN2/c1-10-3-5-12(6-4-10)11(2)17-13-7-8-14(15)16-9-13/h3-9,11,17H,1-2H3. The van der Waals surface area contributed by atoms with Gasteiger partial charge in [0, 0.05) is 6.04 Å². The lowest BCUT2D eigenvalue weighted by Crippen LogP contribution is -2.06. The van der Waals surface area contributed by atoms with Crippen LogP contribution in [-0.4, -0.2) is 4.98 Å². The molecule has 1 atom stereocenters. The molecule has 0 spiro atoms. The molecular formula is C14H15ClN2. The highest BCUT2D eigenvalue weighted by molar-refractivity contribution is 6.29. The van der Waals surface area contributed by atoms with Gasteiger partial charge in [0.2, 0.25) is 0 Å². The quantitative estimate of drug-likeness (QED) is 0.821. The molecule has 17 heavy (non-hydrogen) atoms. The Kier molecular flexibility index (Phi) is 3.64. The minimum Gasteiger partial charge on any atom is -0.377 e. The number of hydrogen-bond acceptors (Lipinski definition) is 2. The van der Waals surface area contributed by atoms with Crippen LogP contribution in [0.5, 0.6) is 0 Å². The Morgan fingerprint density at radius 2 is 1.82 bits per heavy atom. The fourth-order valence-corrected chi connectivity index (χ4v) is 1.76. The van der Waals surface area contributed by atoms with Crippen LogP contribution in [0.3, 0.4) is 0 Å². The third-order valence-corrected chi connectivity index (χ3v) is 2.91. The minimum atomic E-state index is 0.249. The molecule has 0 saturated heterocycles. The van der Waals surface area contributed by atoms with Gasteiger partial charge in [0.1, 0.15) is 5.15 Å². The zero-order chi connectivity index (χ0) is 12.3. The number of halogens is 1. The Bertz CT molecular complexity index is 477. The number of rotatable bonds is 3. The first-order valence-electron chi connectivity index (χ1n) is 5.60. The van der Waals surface area contributed by atoms with E-state index in [1.807, 2.05) is 6.07 Å². The van der Waals surface area contributed by atoms with Gasteiger partial charge in [-0.2, -0.15) is 0 Å². The molecule has 1 aromatic carbocycles. The number of hydrogen-bond donors (Lipinski definition) is 1. The van der Waals surface area contributed by atoms with E-state index >= 15 is 0 Å². The smallest absolute Gasteiger partial charge is 0.129 e. The lowest BCUT2D eigenvalue weighted by molar-refractivity contribution is 0.882. The van der Waals surface area contributed by atoms with Crippen molar-refractivity contribution in [3.05, 3.63) is 58.9 Å². The Morgan fingerprint density at radius 1 is 1.12 bits per heavy atom. The molecule has 2 nitrogen and oxygen atoms in total. The van der Waals surface area contributed by atoms with Crippen LogP contribution in [-0.2, 0) is 0 Å². The predicted octanol–water partition coefficient (Wildman–Crippen LogP) is 4.22. The molecule has 2 aromatic rings. The third-order valence-electron chi connectivity index (χ3n) is 2.69. The average molecular weight is 247 g/mol. The van der Waals surface area contributed by atoms with Crippen molar-refractivity contribution in [3.63, 3.8) is 0 Å². The van der Waals surface area contributed by atoms with Crippen LogP contribution < -0.4 is 5.32 Å². The molecule has 0 aliphatic carbocycles. The Hall–Kier alpha value is -1.54. The fourth-order valence-electron chi connectivity index (χ4n) is 1.65. The monoisotopic (exact) mass is 246 g/mol. The van der Waals surface area contributed by atoms with Crippen LogP contribution in [0.1, 0.15) is 24.1 Å². The van der Waals surface area contributed by atoms with E-state index in [2.05, 4.69) is 48.4 Å². The molecule has 0 amide bonds. The second-order valence-corrected chi connectivity index (χ2v) is 4.53. The van der Waals surface area contributed by atoms with E-state index < -0.39 is 0 Å². The lowest BCUT2D eigenvalue weighted by Gasteiger charge is -2.15. The predicted molar refractivity (Wildman–Crippen MR) is 72.5 cm³/mol. The number of anilines is 1. The Balaban J connectivity index is 2.08. The van der Waals surface area contributed by atoms with Crippen molar-refractivity contribution in [1.82, 2.24) is 4.98 Å². The van der Waals surface area contributed by atoms with E-state index in [-0.39, 0.29) is 6.04 Å². The third kappa shape index (κ3) is 3.21. The molecule has 1 heterocycles. The summed E-state index contributed by atoms with van der Waals surface area (Å²) < 4.78 is 0. The first-order chi connectivity index (χ1) is 8.15. The van der Waals surface area contributed by atoms with Crippen molar-refractivity contribution in [2.75, 3.05) is 5.32 Å². The van der Waals surface area contributed by atoms with E-state index in [1.165, 1.54) is 11.1 Å². The molecule has 0 radical (unpaired) electrons. The second-order valence-electron chi connectivity index (χ2n) is 4.15. The van der Waals surface area contributed by atoms with Crippen molar-refractivity contribution >= 4 is 17.3 Å². The molecule has 0 bridgehead atoms. The van der Waals surface area contributed by atoms with E-state index in [0.29, 0.717) is 5.15 Å². The van der Waals surface area contributed by atoms with E-state index in [4.69, 9.17) is 11.6 Å².